The molecule has 8 nitrogen and oxygen atoms in total. The first-order valence-electron chi connectivity index (χ1n) is 11.8. The summed E-state index contributed by atoms with van der Waals surface area (Å²) in [7, 11) is 0. The number of hydrogen-bond donors (Lipinski definition) is 0. The molecule has 0 N–H and O–H groups in total. The number of ether oxygens (including phenoxy) is 1. The van der Waals surface area contributed by atoms with Gasteiger partial charge >= 0.3 is 6.36 Å². The summed E-state index contributed by atoms with van der Waals surface area (Å²) in [5, 5.41) is 17.7. The normalized spacial score (nSPS) is 14.5. The molecule has 2 aromatic heterocycles. The molecule has 4 aromatic rings. The van der Waals surface area contributed by atoms with Gasteiger partial charge in [0.1, 0.15) is 5.75 Å². The fourth-order valence-electron chi connectivity index (χ4n) is 4.32. The average Bonchev–Trinajstić information content (AvgIpc) is 3.51. The molecule has 2 aromatic carbocycles. The molecule has 0 radical (unpaired) electrons. The number of rotatable bonds is 6. The molecular weight excluding hydrogens is 485 g/mol. The Morgan fingerprint density at radius 1 is 1.11 bits per heavy atom. The molecule has 3 heterocycles. The molecule has 1 aliphatic rings. The average molecular weight is 509 g/mol. The zero-order valence-electron chi connectivity index (χ0n) is 19.9. The van der Waals surface area contributed by atoms with Gasteiger partial charge in [-0.2, -0.15) is 15.3 Å². The van der Waals surface area contributed by atoms with E-state index in [-0.39, 0.29) is 23.4 Å². The summed E-state index contributed by atoms with van der Waals surface area (Å²) < 4.78 is 48.2. The maximum Gasteiger partial charge on any atom is 0.573 e. The van der Waals surface area contributed by atoms with Crippen molar-refractivity contribution in [3.05, 3.63) is 65.9 Å². The number of alkyl halides is 3. The Balaban J connectivity index is 1.28. The van der Waals surface area contributed by atoms with Crippen molar-refractivity contribution < 1.29 is 22.4 Å². The summed E-state index contributed by atoms with van der Waals surface area (Å²) >= 11 is 0. The molecule has 1 saturated heterocycles. The highest BCUT2D eigenvalue weighted by Gasteiger charge is 2.31. The van der Waals surface area contributed by atoms with Crippen molar-refractivity contribution in [2.75, 3.05) is 18.0 Å². The highest BCUT2D eigenvalue weighted by Crippen LogP contribution is 2.28. The van der Waals surface area contributed by atoms with E-state index >= 15 is 0 Å². The Labute approximate surface area is 210 Å². The predicted octanol–water partition coefficient (Wildman–Crippen LogP) is 5.60. The molecule has 0 saturated carbocycles. The summed E-state index contributed by atoms with van der Waals surface area (Å²) in [6.45, 7) is 4.22. The first kappa shape index (κ1) is 24.4. The summed E-state index contributed by atoms with van der Waals surface area (Å²) in [5.41, 5.74) is 4.11. The van der Waals surface area contributed by atoms with Crippen LogP contribution >= 0.6 is 0 Å². The fourth-order valence-corrected chi connectivity index (χ4v) is 4.32. The topological polar surface area (TPSA) is 93.0 Å². The Hall–Kier alpha value is -4.33. The zero-order chi connectivity index (χ0) is 26.0. The lowest BCUT2D eigenvalue weighted by Crippen LogP contribution is -2.33. The van der Waals surface area contributed by atoms with Gasteiger partial charge in [-0.1, -0.05) is 17.3 Å². The first-order chi connectivity index (χ1) is 17.8. The van der Waals surface area contributed by atoms with E-state index in [9.17, 15) is 13.2 Å². The maximum atomic E-state index is 12.4. The predicted molar refractivity (Wildman–Crippen MR) is 128 cm³/mol. The molecule has 190 valence electrons. The van der Waals surface area contributed by atoms with E-state index in [1.54, 1.807) is 0 Å². The van der Waals surface area contributed by atoms with Gasteiger partial charge in [-0.3, -0.25) is 4.68 Å². The lowest BCUT2D eigenvalue weighted by atomic mass is 9.98. The molecule has 0 atom stereocenters. The number of hydrogen-bond acceptors (Lipinski definition) is 7. The number of nitriles is 1. The minimum atomic E-state index is -4.76. The van der Waals surface area contributed by atoms with Gasteiger partial charge in [0.15, 0.2) is 5.69 Å². The van der Waals surface area contributed by atoms with Crippen LogP contribution in [0.1, 0.15) is 24.1 Å². The third-order valence-corrected chi connectivity index (χ3v) is 6.26. The quantitative estimate of drug-likeness (QED) is 0.335. The van der Waals surface area contributed by atoms with E-state index in [0.29, 0.717) is 17.8 Å². The molecule has 0 spiro atoms. The zero-order valence-corrected chi connectivity index (χ0v) is 19.9. The van der Waals surface area contributed by atoms with Crippen molar-refractivity contribution in [3.8, 4) is 34.8 Å². The second kappa shape index (κ2) is 9.97. The number of halogens is 3. The van der Waals surface area contributed by atoms with Crippen LogP contribution in [0.5, 0.6) is 5.75 Å². The van der Waals surface area contributed by atoms with E-state index in [1.807, 2.05) is 29.8 Å². The molecule has 0 bridgehead atoms. The van der Waals surface area contributed by atoms with Gasteiger partial charge in [-0.25, -0.2) is 0 Å². The van der Waals surface area contributed by atoms with Gasteiger partial charge in [0, 0.05) is 36.0 Å². The lowest BCUT2D eigenvalue weighted by molar-refractivity contribution is -0.274. The number of aryl methyl sites for hydroxylation is 1. The number of anilines is 1. The summed E-state index contributed by atoms with van der Waals surface area (Å²) in [6, 6.07) is 17.7. The summed E-state index contributed by atoms with van der Waals surface area (Å²) in [6.07, 6.45) is -3.01. The van der Waals surface area contributed by atoms with Gasteiger partial charge in [-0.15, -0.1) is 13.2 Å². The molecule has 11 heteroatoms. The SMILES string of the molecule is Cc1cc(-c2nc(-c3ccc(OC(F)(F)F)cc3)no2)nn1Cc1cccc(N2CCC(C#N)CC2)c1. The van der Waals surface area contributed by atoms with Crippen LogP contribution in [0, 0.1) is 24.2 Å². The smallest absolute Gasteiger partial charge is 0.406 e. The minimum Gasteiger partial charge on any atom is -0.406 e. The number of piperidine rings is 1. The van der Waals surface area contributed by atoms with E-state index in [1.165, 1.54) is 24.3 Å². The highest BCUT2D eigenvalue weighted by atomic mass is 19.4. The maximum absolute atomic E-state index is 12.4. The monoisotopic (exact) mass is 508 g/mol. The molecule has 5 rings (SSSR count). The van der Waals surface area contributed by atoms with E-state index in [2.05, 4.69) is 43.1 Å². The van der Waals surface area contributed by atoms with Gasteiger partial charge in [-0.05, 0) is 67.8 Å². The van der Waals surface area contributed by atoms with Crippen molar-refractivity contribution in [2.24, 2.45) is 5.92 Å². The second-order valence-corrected chi connectivity index (χ2v) is 8.88. The van der Waals surface area contributed by atoms with E-state index in [4.69, 9.17) is 9.78 Å². The van der Waals surface area contributed by atoms with Crippen molar-refractivity contribution in [3.63, 3.8) is 0 Å². The Bertz CT molecular complexity index is 1410. The Morgan fingerprint density at radius 3 is 2.57 bits per heavy atom. The van der Waals surface area contributed by atoms with Gasteiger partial charge in [0.05, 0.1) is 12.6 Å². The van der Waals surface area contributed by atoms with Crippen LogP contribution in [0.2, 0.25) is 0 Å². The molecule has 0 amide bonds. The summed E-state index contributed by atoms with van der Waals surface area (Å²) in [5.74, 6) is 0.248. The van der Waals surface area contributed by atoms with Crippen LogP contribution in [-0.2, 0) is 6.54 Å². The number of nitrogens with zero attached hydrogens (tertiary/aromatic N) is 6. The van der Waals surface area contributed by atoms with E-state index in [0.717, 1.165) is 42.9 Å². The van der Waals surface area contributed by atoms with Crippen LogP contribution in [0.15, 0.2) is 59.1 Å². The van der Waals surface area contributed by atoms with E-state index < -0.39 is 6.36 Å². The lowest BCUT2D eigenvalue weighted by Gasteiger charge is -2.31. The Kier molecular flexibility index (Phi) is 6.56. The highest BCUT2D eigenvalue weighted by molar-refractivity contribution is 5.59. The number of benzene rings is 2. The molecule has 0 aliphatic carbocycles. The van der Waals surface area contributed by atoms with Crippen LogP contribution in [-0.4, -0.2) is 39.4 Å². The van der Waals surface area contributed by atoms with Gasteiger partial charge in [0.25, 0.3) is 5.89 Å². The van der Waals surface area contributed by atoms with Gasteiger partial charge in [0.2, 0.25) is 5.82 Å². The first-order valence-corrected chi connectivity index (χ1v) is 11.8. The molecular formula is C26H23F3N6O2. The molecule has 37 heavy (non-hydrogen) atoms. The van der Waals surface area contributed by atoms with Crippen LogP contribution in [0.4, 0.5) is 18.9 Å². The standard InChI is InChI=1S/C26H23F3N6O2/c1-17-13-23(25-31-24(33-37-25)20-5-7-22(8-6-20)36-26(27,28)29)32-35(17)16-19-3-2-4-21(14-19)34-11-9-18(15-30)10-12-34/h2-8,13-14,18H,9-12,16H2,1H3. The van der Waals surface area contributed by atoms with Crippen LogP contribution in [0.25, 0.3) is 23.0 Å². The molecule has 1 aliphatic heterocycles. The largest absolute Gasteiger partial charge is 0.573 e. The molecule has 0 unspecified atom stereocenters. The van der Waals surface area contributed by atoms with Gasteiger partial charge < -0.3 is 14.2 Å². The third-order valence-electron chi connectivity index (χ3n) is 6.26. The number of aromatic nitrogens is 4. The van der Waals surface area contributed by atoms with Crippen molar-refractivity contribution in [1.82, 2.24) is 19.9 Å². The minimum absolute atomic E-state index is 0.137. The fraction of sp³-hybridized carbons (Fsp3) is 0.308. The summed E-state index contributed by atoms with van der Waals surface area (Å²) in [4.78, 5) is 6.66. The molecule has 1 fully saturated rings. The second-order valence-electron chi connectivity index (χ2n) is 8.88. The van der Waals surface area contributed by atoms with Crippen molar-refractivity contribution in [1.29, 1.82) is 5.26 Å². The van der Waals surface area contributed by atoms with Crippen LogP contribution < -0.4 is 9.64 Å². The van der Waals surface area contributed by atoms with Crippen LogP contribution in [0.3, 0.4) is 0 Å². The van der Waals surface area contributed by atoms with Crippen molar-refractivity contribution >= 4 is 5.69 Å². The third kappa shape index (κ3) is 5.74. The van der Waals surface area contributed by atoms with Crippen molar-refractivity contribution in [2.45, 2.75) is 32.7 Å². The Morgan fingerprint density at radius 2 is 1.86 bits per heavy atom.